The van der Waals surface area contributed by atoms with Gasteiger partial charge in [-0.2, -0.15) is 0 Å². The molecular formula is C15H12N2O4S. The summed E-state index contributed by atoms with van der Waals surface area (Å²) in [7, 11) is 0. The predicted molar refractivity (Wildman–Crippen MR) is 83.6 cm³/mol. The maximum absolute atomic E-state index is 12.3. The number of carbonyl (C=O) groups is 3. The van der Waals surface area contributed by atoms with E-state index in [2.05, 4.69) is 17.9 Å². The Hall–Kier alpha value is -2.80. The van der Waals surface area contributed by atoms with Crippen LogP contribution in [0.4, 0.5) is 5.69 Å². The Morgan fingerprint density at radius 2 is 1.73 bits per heavy atom. The van der Waals surface area contributed by atoms with Gasteiger partial charge >= 0.3 is 5.97 Å². The molecule has 0 saturated heterocycles. The number of carboxylic acid groups (broad SMARTS) is 1. The van der Waals surface area contributed by atoms with E-state index in [1.165, 1.54) is 12.1 Å². The molecule has 2 aromatic rings. The molecular weight excluding hydrogens is 304 g/mol. The molecule has 2 rings (SSSR count). The van der Waals surface area contributed by atoms with Gasteiger partial charge in [-0.15, -0.1) is 12.6 Å². The number of nitrogens with one attached hydrogen (secondary N) is 1. The van der Waals surface area contributed by atoms with Crippen molar-refractivity contribution in [3.63, 3.8) is 0 Å². The van der Waals surface area contributed by atoms with Crippen LogP contribution in [0, 0.1) is 0 Å². The maximum Gasteiger partial charge on any atom is 0.336 e. The monoisotopic (exact) mass is 316 g/mol. The molecule has 2 amide bonds. The summed E-state index contributed by atoms with van der Waals surface area (Å²) < 4.78 is 0. The highest BCUT2D eigenvalue weighted by molar-refractivity contribution is 7.80. The molecule has 7 heteroatoms. The minimum absolute atomic E-state index is 0.0503. The van der Waals surface area contributed by atoms with Gasteiger partial charge in [-0.25, -0.2) is 4.79 Å². The number of anilines is 1. The van der Waals surface area contributed by atoms with E-state index in [4.69, 9.17) is 10.8 Å². The molecule has 0 aliphatic rings. The number of carboxylic acids is 1. The minimum atomic E-state index is -1.28. The summed E-state index contributed by atoms with van der Waals surface area (Å²) in [4.78, 5) is 35.2. The molecule has 6 nitrogen and oxygen atoms in total. The number of hydrogen-bond acceptors (Lipinski definition) is 4. The number of benzene rings is 2. The van der Waals surface area contributed by atoms with Crippen LogP contribution in [0.2, 0.25) is 0 Å². The molecule has 0 aliphatic carbocycles. The fraction of sp³-hybridized carbons (Fsp3) is 0. The first kappa shape index (κ1) is 15.6. The number of para-hydroxylation sites is 1. The van der Waals surface area contributed by atoms with Gasteiger partial charge in [0.25, 0.3) is 5.91 Å². The number of rotatable bonds is 4. The van der Waals surface area contributed by atoms with Crippen LogP contribution in [0.25, 0.3) is 0 Å². The average molecular weight is 316 g/mol. The van der Waals surface area contributed by atoms with Crippen molar-refractivity contribution in [2.24, 2.45) is 5.73 Å². The van der Waals surface area contributed by atoms with Gasteiger partial charge < -0.3 is 16.2 Å². The lowest BCUT2D eigenvalue weighted by molar-refractivity contribution is 0.0692. The zero-order valence-corrected chi connectivity index (χ0v) is 12.1. The van der Waals surface area contributed by atoms with Gasteiger partial charge in [0.2, 0.25) is 5.91 Å². The van der Waals surface area contributed by atoms with E-state index in [0.29, 0.717) is 10.6 Å². The molecule has 0 radical (unpaired) electrons. The molecule has 112 valence electrons. The SMILES string of the molecule is NC(=O)c1ccc(C(=O)O)c(C(=O)Nc2ccccc2S)c1. The zero-order valence-electron chi connectivity index (χ0n) is 11.2. The van der Waals surface area contributed by atoms with Gasteiger partial charge in [0, 0.05) is 10.5 Å². The molecule has 0 unspecified atom stereocenters. The summed E-state index contributed by atoms with van der Waals surface area (Å²) in [6.07, 6.45) is 0. The molecule has 0 aromatic heterocycles. The van der Waals surface area contributed by atoms with Crippen molar-refractivity contribution in [3.8, 4) is 0 Å². The molecule has 0 aliphatic heterocycles. The second-order valence-electron chi connectivity index (χ2n) is 4.40. The number of hydrogen-bond donors (Lipinski definition) is 4. The number of thiol groups is 1. The lowest BCUT2D eigenvalue weighted by Gasteiger charge is -2.10. The summed E-state index contributed by atoms with van der Waals surface area (Å²) in [5, 5.41) is 11.7. The van der Waals surface area contributed by atoms with Crippen LogP contribution >= 0.6 is 12.6 Å². The normalized spacial score (nSPS) is 10.0. The molecule has 0 heterocycles. The Bertz CT molecular complexity index is 774. The Kier molecular flexibility index (Phi) is 4.47. The molecule has 0 atom stereocenters. The van der Waals surface area contributed by atoms with E-state index in [-0.39, 0.29) is 16.7 Å². The van der Waals surface area contributed by atoms with Crippen LogP contribution in [-0.4, -0.2) is 22.9 Å². The van der Waals surface area contributed by atoms with E-state index < -0.39 is 17.8 Å². The first-order chi connectivity index (χ1) is 10.4. The van der Waals surface area contributed by atoms with Crippen molar-refractivity contribution in [3.05, 3.63) is 59.2 Å². The van der Waals surface area contributed by atoms with Gasteiger partial charge in [0.1, 0.15) is 0 Å². The van der Waals surface area contributed by atoms with Crippen LogP contribution < -0.4 is 11.1 Å². The first-order valence-electron chi connectivity index (χ1n) is 6.16. The Labute approximate surface area is 131 Å². The van der Waals surface area contributed by atoms with Crippen molar-refractivity contribution in [2.75, 3.05) is 5.32 Å². The highest BCUT2D eigenvalue weighted by Gasteiger charge is 2.19. The number of amides is 2. The smallest absolute Gasteiger partial charge is 0.336 e. The lowest BCUT2D eigenvalue weighted by atomic mass is 10.0. The summed E-state index contributed by atoms with van der Waals surface area (Å²) in [6.45, 7) is 0. The minimum Gasteiger partial charge on any atom is -0.478 e. The van der Waals surface area contributed by atoms with Crippen molar-refractivity contribution >= 4 is 36.1 Å². The van der Waals surface area contributed by atoms with Gasteiger partial charge in [-0.3, -0.25) is 9.59 Å². The third-order valence-corrected chi connectivity index (χ3v) is 3.32. The molecule has 0 bridgehead atoms. The van der Waals surface area contributed by atoms with Crippen molar-refractivity contribution < 1.29 is 19.5 Å². The second-order valence-corrected chi connectivity index (χ2v) is 4.88. The van der Waals surface area contributed by atoms with Crippen LogP contribution in [-0.2, 0) is 0 Å². The van der Waals surface area contributed by atoms with Gasteiger partial charge in [-0.05, 0) is 30.3 Å². The Balaban J connectivity index is 2.43. The van der Waals surface area contributed by atoms with Crippen molar-refractivity contribution in [2.45, 2.75) is 4.90 Å². The number of carbonyl (C=O) groups excluding carboxylic acids is 2. The molecule has 0 fully saturated rings. The standard InChI is InChI=1S/C15H12N2O4S/c16-13(18)8-5-6-9(15(20)21)10(7-8)14(19)17-11-3-1-2-4-12(11)22/h1-7,22H,(H2,16,18)(H,17,19)(H,20,21). The van der Waals surface area contributed by atoms with E-state index in [0.717, 1.165) is 6.07 Å². The van der Waals surface area contributed by atoms with E-state index in [1.54, 1.807) is 24.3 Å². The highest BCUT2D eigenvalue weighted by Crippen LogP contribution is 2.21. The third-order valence-electron chi connectivity index (χ3n) is 2.93. The van der Waals surface area contributed by atoms with Gasteiger partial charge in [0.05, 0.1) is 16.8 Å². The second kappa shape index (κ2) is 6.31. The Morgan fingerprint density at radius 1 is 1.05 bits per heavy atom. The summed E-state index contributed by atoms with van der Waals surface area (Å²) >= 11 is 4.20. The first-order valence-corrected chi connectivity index (χ1v) is 6.61. The van der Waals surface area contributed by atoms with Crippen LogP contribution in [0.5, 0.6) is 0 Å². The van der Waals surface area contributed by atoms with Gasteiger partial charge in [-0.1, -0.05) is 12.1 Å². The summed E-state index contributed by atoms with van der Waals surface area (Å²) in [5.74, 6) is -2.69. The maximum atomic E-state index is 12.3. The summed E-state index contributed by atoms with van der Waals surface area (Å²) in [6, 6.07) is 10.3. The quantitative estimate of drug-likeness (QED) is 0.647. The molecule has 22 heavy (non-hydrogen) atoms. The average Bonchev–Trinajstić information content (AvgIpc) is 2.48. The Morgan fingerprint density at radius 3 is 2.32 bits per heavy atom. The number of aromatic carboxylic acids is 1. The number of nitrogens with two attached hydrogens (primary N) is 1. The third kappa shape index (κ3) is 3.26. The lowest BCUT2D eigenvalue weighted by Crippen LogP contribution is -2.19. The molecule has 4 N–H and O–H groups in total. The zero-order chi connectivity index (χ0) is 16.3. The van der Waals surface area contributed by atoms with Crippen LogP contribution in [0.15, 0.2) is 47.4 Å². The van der Waals surface area contributed by atoms with Gasteiger partial charge in [0.15, 0.2) is 0 Å². The fourth-order valence-corrected chi connectivity index (χ4v) is 2.06. The van der Waals surface area contributed by atoms with Crippen molar-refractivity contribution in [1.29, 1.82) is 0 Å². The summed E-state index contributed by atoms with van der Waals surface area (Å²) in [5.41, 5.74) is 5.26. The van der Waals surface area contributed by atoms with Crippen LogP contribution in [0.3, 0.4) is 0 Å². The van der Waals surface area contributed by atoms with E-state index >= 15 is 0 Å². The van der Waals surface area contributed by atoms with E-state index in [9.17, 15) is 14.4 Å². The largest absolute Gasteiger partial charge is 0.478 e. The van der Waals surface area contributed by atoms with Crippen LogP contribution in [0.1, 0.15) is 31.1 Å². The van der Waals surface area contributed by atoms with E-state index in [1.807, 2.05) is 0 Å². The fourth-order valence-electron chi connectivity index (χ4n) is 1.84. The molecule has 0 saturated carbocycles. The predicted octanol–water partition coefficient (Wildman–Crippen LogP) is 2.02. The highest BCUT2D eigenvalue weighted by atomic mass is 32.1. The topological polar surface area (TPSA) is 109 Å². The molecule has 2 aromatic carbocycles. The van der Waals surface area contributed by atoms with Crippen molar-refractivity contribution in [1.82, 2.24) is 0 Å². The molecule has 0 spiro atoms. The number of primary amides is 1.